The molecule has 1 N–H and O–H groups in total. The van der Waals surface area contributed by atoms with E-state index in [-0.39, 0.29) is 11.9 Å². The molecule has 25 heavy (non-hydrogen) atoms. The molecule has 0 aliphatic carbocycles. The van der Waals surface area contributed by atoms with Crippen molar-refractivity contribution in [1.82, 2.24) is 10.2 Å². The number of benzene rings is 1. The van der Waals surface area contributed by atoms with Crippen LogP contribution in [0.5, 0.6) is 0 Å². The summed E-state index contributed by atoms with van der Waals surface area (Å²) in [5.74, 6) is 2.57. The van der Waals surface area contributed by atoms with Crippen molar-refractivity contribution < 1.29 is 14.3 Å². The number of amides is 2. The van der Waals surface area contributed by atoms with Crippen molar-refractivity contribution in [2.75, 3.05) is 13.1 Å². The fraction of sp³-hybridized carbons (Fsp3) is 0.500. The number of carbonyl (C=O) groups is 2. The van der Waals surface area contributed by atoms with Crippen molar-refractivity contribution in [3.8, 4) is 12.3 Å². The maximum absolute atomic E-state index is 12.8. The molecule has 0 bridgehead atoms. The van der Waals surface area contributed by atoms with E-state index in [0.717, 1.165) is 5.56 Å². The van der Waals surface area contributed by atoms with E-state index < -0.39 is 11.7 Å². The van der Waals surface area contributed by atoms with Crippen molar-refractivity contribution >= 4 is 12.0 Å². The second-order valence-corrected chi connectivity index (χ2v) is 7.35. The fourth-order valence-corrected chi connectivity index (χ4v) is 2.91. The normalized spacial score (nSPS) is 15.4. The zero-order valence-corrected chi connectivity index (χ0v) is 15.4. The Morgan fingerprint density at radius 1 is 1.28 bits per heavy atom. The Balaban J connectivity index is 1.94. The Morgan fingerprint density at radius 2 is 1.92 bits per heavy atom. The van der Waals surface area contributed by atoms with Crippen LogP contribution in [0.1, 0.15) is 55.1 Å². The zero-order chi connectivity index (χ0) is 18.6. The summed E-state index contributed by atoms with van der Waals surface area (Å²) < 4.78 is 5.27. The quantitative estimate of drug-likeness (QED) is 0.840. The minimum absolute atomic E-state index is 0.0171. The van der Waals surface area contributed by atoms with Crippen LogP contribution >= 0.6 is 0 Å². The van der Waals surface area contributed by atoms with Gasteiger partial charge in [-0.15, -0.1) is 6.42 Å². The molecule has 1 aliphatic heterocycles. The number of likely N-dealkylation sites (tertiary alicyclic amines) is 1. The third kappa shape index (κ3) is 4.99. The van der Waals surface area contributed by atoms with E-state index in [1.807, 2.05) is 39.8 Å². The molecule has 5 nitrogen and oxygen atoms in total. The smallest absolute Gasteiger partial charge is 0.407 e. The molecule has 1 aromatic rings. The van der Waals surface area contributed by atoms with Crippen LogP contribution in [0.2, 0.25) is 0 Å². The summed E-state index contributed by atoms with van der Waals surface area (Å²) in [5.41, 5.74) is 1.63. The first-order chi connectivity index (χ1) is 11.7. The number of ether oxygens (including phenoxy) is 1. The Bertz CT molecular complexity index is 690. The van der Waals surface area contributed by atoms with Crippen LogP contribution in [0.15, 0.2) is 18.2 Å². The molecule has 1 aromatic carbocycles. The molecule has 2 amide bonds. The van der Waals surface area contributed by atoms with Crippen LogP contribution in [-0.4, -0.2) is 41.6 Å². The first-order valence-corrected chi connectivity index (χ1v) is 8.56. The third-order valence-corrected chi connectivity index (χ3v) is 4.15. The van der Waals surface area contributed by atoms with Gasteiger partial charge < -0.3 is 15.0 Å². The summed E-state index contributed by atoms with van der Waals surface area (Å²) in [7, 11) is 0. The molecular formula is C20H26N2O3. The molecular weight excluding hydrogens is 316 g/mol. The highest BCUT2D eigenvalue weighted by Gasteiger charge is 2.27. The zero-order valence-electron chi connectivity index (χ0n) is 15.4. The SMILES string of the molecule is C#Cc1c(C)cccc1C(=O)N1CCC(NC(=O)OC(C)(C)C)CC1. The van der Waals surface area contributed by atoms with E-state index in [1.54, 1.807) is 11.0 Å². The molecule has 0 spiro atoms. The predicted octanol–water partition coefficient (Wildman–Crippen LogP) is 3.11. The van der Waals surface area contributed by atoms with Gasteiger partial charge in [-0.05, 0) is 52.2 Å². The second kappa shape index (κ2) is 7.60. The van der Waals surface area contributed by atoms with Gasteiger partial charge in [0.25, 0.3) is 5.91 Å². The highest BCUT2D eigenvalue weighted by atomic mass is 16.6. The van der Waals surface area contributed by atoms with Crippen molar-refractivity contribution in [2.24, 2.45) is 0 Å². The number of carbonyl (C=O) groups excluding carboxylic acids is 2. The van der Waals surface area contributed by atoms with Gasteiger partial charge in [-0.2, -0.15) is 0 Å². The van der Waals surface area contributed by atoms with Gasteiger partial charge in [0, 0.05) is 24.7 Å². The Kier molecular flexibility index (Phi) is 5.73. The van der Waals surface area contributed by atoms with Crippen LogP contribution in [0.3, 0.4) is 0 Å². The predicted molar refractivity (Wildman–Crippen MR) is 97.4 cm³/mol. The molecule has 5 heteroatoms. The lowest BCUT2D eigenvalue weighted by molar-refractivity contribution is 0.0473. The lowest BCUT2D eigenvalue weighted by Crippen LogP contribution is -2.47. The topological polar surface area (TPSA) is 58.6 Å². The van der Waals surface area contributed by atoms with E-state index in [1.165, 1.54) is 0 Å². The summed E-state index contributed by atoms with van der Waals surface area (Å²) >= 11 is 0. The van der Waals surface area contributed by atoms with E-state index in [4.69, 9.17) is 11.2 Å². The van der Waals surface area contributed by atoms with E-state index in [2.05, 4.69) is 11.2 Å². The van der Waals surface area contributed by atoms with Crippen LogP contribution < -0.4 is 5.32 Å². The number of nitrogens with one attached hydrogen (secondary N) is 1. The molecule has 1 saturated heterocycles. The van der Waals surface area contributed by atoms with Crippen LogP contribution in [0.25, 0.3) is 0 Å². The summed E-state index contributed by atoms with van der Waals surface area (Å²) in [5, 5.41) is 2.87. The molecule has 0 radical (unpaired) electrons. The molecule has 1 heterocycles. The molecule has 1 fully saturated rings. The maximum Gasteiger partial charge on any atom is 0.407 e. The van der Waals surface area contributed by atoms with Gasteiger partial charge >= 0.3 is 6.09 Å². The number of rotatable bonds is 2. The summed E-state index contributed by atoms with van der Waals surface area (Å²) in [4.78, 5) is 26.4. The van der Waals surface area contributed by atoms with E-state index >= 15 is 0 Å². The first-order valence-electron chi connectivity index (χ1n) is 8.56. The Labute approximate surface area is 149 Å². The lowest BCUT2D eigenvalue weighted by atomic mass is 9.99. The molecule has 0 aromatic heterocycles. The van der Waals surface area contributed by atoms with Gasteiger partial charge in [0.05, 0.1) is 5.56 Å². The average Bonchev–Trinajstić information content (AvgIpc) is 2.52. The molecule has 0 saturated carbocycles. The van der Waals surface area contributed by atoms with Crippen LogP contribution in [0.4, 0.5) is 4.79 Å². The highest BCUT2D eigenvalue weighted by molar-refractivity contribution is 5.97. The third-order valence-electron chi connectivity index (χ3n) is 4.15. The Morgan fingerprint density at radius 3 is 2.48 bits per heavy atom. The number of hydrogen-bond donors (Lipinski definition) is 1. The van der Waals surface area contributed by atoms with Crippen molar-refractivity contribution in [3.63, 3.8) is 0 Å². The maximum atomic E-state index is 12.8. The van der Waals surface area contributed by atoms with Crippen molar-refractivity contribution in [2.45, 2.75) is 52.2 Å². The molecule has 134 valence electrons. The second-order valence-electron chi connectivity index (χ2n) is 7.35. The minimum Gasteiger partial charge on any atom is -0.444 e. The van der Waals surface area contributed by atoms with Gasteiger partial charge in [-0.25, -0.2) is 4.79 Å². The Hall–Kier alpha value is -2.48. The molecule has 0 unspecified atom stereocenters. The van der Waals surface area contributed by atoms with Crippen molar-refractivity contribution in [3.05, 3.63) is 34.9 Å². The fourth-order valence-electron chi connectivity index (χ4n) is 2.91. The first kappa shape index (κ1) is 18.9. The van der Waals surface area contributed by atoms with Gasteiger partial charge in [-0.3, -0.25) is 4.79 Å². The monoisotopic (exact) mass is 342 g/mol. The van der Waals surface area contributed by atoms with E-state index in [9.17, 15) is 9.59 Å². The number of terminal acetylenes is 1. The van der Waals surface area contributed by atoms with Gasteiger partial charge in [0.15, 0.2) is 0 Å². The standard InChI is InChI=1S/C20H26N2O3/c1-6-16-14(2)8-7-9-17(16)18(23)22-12-10-15(11-13-22)21-19(24)25-20(3,4)5/h1,7-9,15H,10-13H2,2-5H3,(H,21,24). The number of aryl methyl sites for hydroxylation is 1. The minimum atomic E-state index is -0.516. The number of nitrogens with zero attached hydrogens (tertiary/aromatic N) is 1. The lowest BCUT2D eigenvalue weighted by Gasteiger charge is -2.33. The average molecular weight is 342 g/mol. The van der Waals surface area contributed by atoms with Gasteiger partial charge in [0.1, 0.15) is 5.60 Å². The number of alkyl carbamates (subject to hydrolysis) is 1. The van der Waals surface area contributed by atoms with Crippen LogP contribution in [-0.2, 0) is 4.74 Å². The van der Waals surface area contributed by atoms with Gasteiger partial charge in [0.2, 0.25) is 0 Å². The largest absolute Gasteiger partial charge is 0.444 e. The molecule has 0 atom stereocenters. The number of piperidine rings is 1. The van der Waals surface area contributed by atoms with E-state index in [0.29, 0.717) is 37.1 Å². The summed E-state index contributed by atoms with van der Waals surface area (Å²) in [6, 6.07) is 5.54. The molecule has 1 aliphatic rings. The van der Waals surface area contributed by atoms with Crippen LogP contribution in [0, 0.1) is 19.3 Å². The van der Waals surface area contributed by atoms with Crippen molar-refractivity contribution in [1.29, 1.82) is 0 Å². The molecule has 2 rings (SSSR count). The summed E-state index contributed by atoms with van der Waals surface area (Å²) in [6.07, 6.45) is 6.55. The highest BCUT2D eigenvalue weighted by Crippen LogP contribution is 2.19. The summed E-state index contributed by atoms with van der Waals surface area (Å²) in [6.45, 7) is 8.56. The van der Waals surface area contributed by atoms with Gasteiger partial charge in [-0.1, -0.05) is 18.1 Å². The number of hydrogen-bond acceptors (Lipinski definition) is 3.